The van der Waals surface area contributed by atoms with Gasteiger partial charge in [-0.3, -0.25) is 4.79 Å². The summed E-state index contributed by atoms with van der Waals surface area (Å²) < 4.78 is 14.2. The number of fused-ring (bicyclic) bond motifs is 1. The van der Waals surface area contributed by atoms with Crippen LogP contribution in [-0.4, -0.2) is 23.0 Å². The van der Waals surface area contributed by atoms with Gasteiger partial charge in [-0.25, -0.2) is 9.37 Å². The van der Waals surface area contributed by atoms with Gasteiger partial charge in [-0.2, -0.15) is 0 Å². The molecule has 2 N–H and O–H groups in total. The van der Waals surface area contributed by atoms with Crippen molar-refractivity contribution >= 4 is 32.6 Å². The SMILES string of the molecule is Cc1ccccc1C(=O)NC1CCC[C@@H]1Nc1nc2ccc(F)cc2s1. The maximum absolute atomic E-state index is 13.4. The number of thiazole rings is 1. The van der Waals surface area contributed by atoms with Crippen molar-refractivity contribution in [2.75, 3.05) is 5.32 Å². The van der Waals surface area contributed by atoms with E-state index >= 15 is 0 Å². The van der Waals surface area contributed by atoms with Crippen LogP contribution in [0, 0.1) is 12.7 Å². The lowest BCUT2D eigenvalue weighted by Gasteiger charge is -2.22. The molecule has 2 aromatic carbocycles. The molecule has 1 unspecified atom stereocenters. The Morgan fingerprint density at radius 2 is 2.00 bits per heavy atom. The van der Waals surface area contributed by atoms with E-state index in [1.165, 1.54) is 23.5 Å². The summed E-state index contributed by atoms with van der Waals surface area (Å²) in [5.41, 5.74) is 2.48. The smallest absolute Gasteiger partial charge is 0.251 e. The lowest BCUT2D eigenvalue weighted by atomic mass is 10.1. The van der Waals surface area contributed by atoms with E-state index < -0.39 is 0 Å². The molecule has 2 atom stereocenters. The molecule has 6 heteroatoms. The number of hydrogen-bond donors (Lipinski definition) is 2. The minimum absolute atomic E-state index is 0.0341. The predicted octanol–water partition coefficient (Wildman–Crippen LogP) is 4.51. The maximum atomic E-state index is 13.4. The van der Waals surface area contributed by atoms with Crippen LogP contribution in [0.25, 0.3) is 10.2 Å². The van der Waals surface area contributed by atoms with E-state index in [-0.39, 0.29) is 23.8 Å². The molecule has 1 aliphatic carbocycles. The Hall–Kier alpha value is -2.47. The van der Waals surface area contributed by atoms with Crippen LogP contribution >= 0.6 is 11.3 Å². The lowest BCUT2D eigenvalue weighted by Crippen LogP contribution is -2.43. The second kappa shape index (κ2) is 7.03. The topological polar surface area (TPSA) is 54.0 Å². The second-order valence-electron chi connectivity index (χ2n) is 6.71. The number of aromatic nitrogens is 1. The van der Waals surface area contributed by atoms with Crippen LogP contribution in [0.4, 0.5) is 9.52 Å². The van der Waals surface area contributed by atoms with Crippen LogP contribution in [0.15, 0.2) is 42.5 Å². The Labute approximate surface area is 155 Å². The molecule has 1 fully saturated rings. The number of benzene rings is 2. The van der Waals surface area contributed by atoms with Gasteiger partial charge >= 0.3 is 0 Å². The molecule has 0 radical (unpaired) electrons. The zero-order chi connectivity index (χ0) is 18.1. The second-order valence-corrected chi connectivity index (χ2v) is 7.74. The summed E-state index contributed by atoms with van der Waals surface area (Å²) in [6.45, 7) is 1.94. The van der Waals surface area contributed by atoms with Crippen LogP contribution in [0.1, 0.15) is 35.2 Å². The van der Waals surface area contributed by atoms with E-state index in [0.717, 1.165) is 40.2 Å². The van der Waals surface area contributed by atoms with Gasteiger partial charge in [-0.15, -0.1) is 0 Å². The minimum Gasteiger partial charge on any atom is -0.357 e. The highest BCUT2D eigenvalue weighted by Gasteiger charge is 2.29. The summed E-state index contributed by atoms with van der Waals surface area (Å²) in [7, 11) is 0. The van der Waals surface area contributed by atoms with Crippen LogP contribution in [0.3, 0.4) is 0 Å². The summed E-state index contributed by atoms with van der Waals surface area (Å²) in [5, 5.41) is 7.38. The van der Waals surface area contributed by atoms with Crippen molar-refractivity contribution in [2.45, 2.75) is 38.3 Å². The number of aryl methyl sites for hydroxylation is 1. The number of anilines is 1. The fourth-order valence-corrected chi connectivity index (χ4v) is 4.45. The molecule has 0 bridgehead atoms. The van der Waals surface area contributed by atoms with E-state index in [2.05, 4.69) is 15.6 Å². The van der Waals surface area contributed by atoms with Crippen LogP contribution < -0.4 is 10.6 Å². The van der Waals surface area contributed by atoms with E-state index in [1.54, 1.807) is 6.07 Å². The van der Waals surface area contributed by atoms with Gasteiger partial charge in [0.05, 0.1) is 10.2 Å². The molecule has 0 spiro atoms. The fraction of sp³-hybridized carbons (Fsp3) is 0.300. The predicted molar refractivity (Wildman–Crippen MR) is 103 cm³/mol. The molecule has 1 heterocycles. The number of nitrogens with one attached hydrogen (secondary N) is 2. The quantitative estimate of drug-likeness (QED) is 0.712. The van der Waals surface area contributed by atoms with E-state index in [9.17, 15) is 9.18 Å². The molecule has 4 nitrogen and oxygen atoms in total. The zero-order valence-corrected chi connectivity index (χ0v) is 15.3. The van der Waals surface area contributed by atoms with Crippen molar-refractivity contribution in [1.29, 1.82) is 0 Å². The highest BCUT2D eigenvalue weighted by atomic mass is 32.1. The molecule has 1 saturated carbocycles. The van der Waals surface area contributed by atoms with E-state index in [4.69, 9.17) is 0 Å². The highest BCUT2D eigenvalue weighted by Crippen LogP contribution is 2.30. The minimum atomic E-state index is -0.253. The van der Waals surface area contributed by atoms with Gasteiger partial charge in [0.25, 0.3) is 5.91 Å². The molecule has 1 aromatic heterocycles. The van der Waals surface area contributed by atoms with E-state index in [0.29, 0.717) is 5.56 Å². The average Bonchev–Trinajstić information content (AvgIpc) is 3.21. The number of nitrogens with zero attached hydrogens (tertiary/aromatic N) is 1. The number of hydrogen-bond acceptors (Lipinski definition) is 4. The van der Waals surface area contributed by atoms with Crippen molar-refractivity contribution in [2.24, 2.45) is 0 Å². The average molecular weight is 369 g/mol. The molecular formula is C20H20FN3OS. The maximum Gasteiger partial charge on any atom is 0.251 e. The molecule has 134 valence electrons. The number of carbonyl (C=O) groups is 1. The van der Waals surface area contributed by atoms with Crippen molar-refractivity contribution in [1.82, 2.24) is 10.3 Å². The number of carbonyl (C=O) groups excluding carboxylic acids is 1. The summed E-state index contributed by atoms with van der Waals surface area (Å²) in [5.74, 6) is -0.287. The van der Waals surface area contributed by atoms with E-state index in [1.807, 2.05) is 31.2 Å². The lowest BCUT2D eigenvalue weighted by molar-refractivity contribution is 0.0935. The summed E-state index contributed by atoms with van der Waals surface area (Å²) in [4.78, 5) is 17.1. The standard InChI is InChI=1S/C20H20FN3OS/c1-12-5-2-3-6-14(12)19(25)22-15-7-4-8-16(15)23-20-24-17-10-9-13(21)11-18(17)26-20/h2-3,5-6,9-11,15-16H,4,7-8H2,1H3,(H,22,25)(H,23,24)/t15?,16-/m0/s1. The third-order valence-electron chi connectivity index (χ3n) is 4.88. The van der Waals surface area contributed by atoms with Gasteiger partial charge in [0.2, 0.25) is 0 Å². The van der Waals surface area contributed by atoms with Crippen molar-refractivity contribution < 1.29 is 9.18 Å². The number of rotatable bonds is 4. The molecule has 4 rings (SSSR count). The fourth-order valence-electron chi connectivity index (χ4n) is 3.50. The molecule has 1 amide bonds. The highest BCUT2D eigenvalue weighted by molar-refractivity contribution is 7.22. The number of halogens is 1. The van der Waals surface area contributed by atoms with Gasteiger partial charge in [0.15, 0.2) is 5.13 Å². The molecular weight excluding hydrogens is 349 g/mol. The first-order chi connectivity index (χ1) is 12.6. The third-order valence-corrected chi connectivity index (χ3v) is 5.83. The van der Waals surface area contributed by atoms with Crippen LogP contribution in [-0.2, 0) is 0 Å². The van der Waals surface area contributed by atoms with Crippen LogP contribution in [0.5, 0.6) is 0 Å². The first-order valence-electron chi connectivity index (χ1n) is 8.79. The van der Waals surface area contributed by atoms with Crippen molar-refractivity contribution in [3.8, 4) is 0 Å². The molecule has 3 aromatic rings. The Bertz CT molecular complexity index is 955. The zero-order valence-electron chi connectivity index (χ0n) is 14.5. The van der Waals surface area contributed by atoms with Gasteiger partial charge in [0.1, 0.15) is 5.82 Å². The molecule has 0 aliphatic heterocycles. The Morgan fingerprint density at radius 1 is 1.19 bits per heavy atom. The first kappa shape index (κ1) is 17.0. The third kappa shape index (κ3) is 3.42. The van der Waals surface area contributed by atoms with Crippen LogP contribution in [0.2, 0.25) is 0 Å². The van der Waals surface area contributed by atoms with Gasteiger partial charge in [-0.1, -0.05) is 29.5 Å². The first-order valence-corrected chi connectivity index (χ1v) is 9.61. The molecule has 1 aliphatic rings. The van der Waals surface area contributed by atoms with Gasteiger partial charge in [0, 0.05) is 17.6 Å². The van der Waals surface area contributed by atoms with Gasteiger partial charge < -0.3 is 10.6 Å². The Morgan fingerprint density at radius 3 is 2.85 bits per heavy atom. The normalized spacial score (nSPS) is 19.6. The monoisotopic (exact) mass is 369 g/mol. The summed E-state index contributed by atoms with van der Waals surface area (Å²) in [6, 6.07) is 12.4. The van der Waals surface area contributed by atoms with Gasteiger partial charge in [-0.05, 0) is 56.0 Å². The van der Waals surface area contributed by atoms with Crippen molar-refractivity contribution in [3.63, 3.8) is 0 Å². The summed E-state index contributed by atoms with van der Waals surface area (Å²) in [6.07, 6.45) is 2.97. The molecule has 26 heavy (non-hydrogen) atoms. The molecule has 0 saturated heterocycles. The van der Waals surface area contributed by atoms with Crippen molar-refractivity contribution in [3.05, 3.63) is 59.4 Å². The Kier molecular flexibility index (Phi) is 4.59. The Balaban J connectivity index is 1.47. The number of amides is 1. The summed E-state index contributed by atoms with van der Waals surface area (Å²) >= 11 is 1.44. The largest absolute Gasteiger partial charge is 0.357 e.